The molecule has 2 N–H and O–H groups in total. The highest BCUT2D eigenvalue weighted by atomic mass is 16.6. The first kappa shape index (κ1) is 20.2. The van der Waals surface area contributed by atoms with Crippen molar-refractivity contribution in [3.05, 3.63) is 53.1 Å². The normalized spacial score (nSPS) is 18.1. The van der Waals surface area contributed by atoms with Crippen LogP contribution in [-0.4, -0.2) is 43.1 Å². The Bertz CT molecular complexity index is 959. The molecule has 2 heterocycles. The molecule has 4 rings (SSSR count). The van der Waals surface area contributed by atoms with E-state index >= 15 is 0 Å². The molecule has 1 saturated heterocycles. The van der Waals surface area contributed by atoms with E-state index in [2.05, 4.69) is 15.5 Å². The second-order valence-corrected chi connectivity index (χ2v) is 7.78. The summed E-state index contributed by atoms with van der Waals surface area (Å²) in [6.07, 6.45) is 1.96. The highest BCUT2D eigenvalue weighted by molar-refractivity contribution is 6.02. The zero-order valence-corrected chi connectivity index (χ0v) is 17.4. The highest BCUT2D eigenvalue weighted by Gasteiger charge is 2.29. The number of imide groups is 1. The molecule has 0 saturated carbocycles. The van der Waals surface area contributed by atoms with E-state index in [4.69, 9.17) is 9.47 Å². The number of benzene rings is 2. The predicted molar refractivity (Wildman–Crippen MR) is 114 cm³/mol. The number of nitrogens with zero attached hydrogens (tertiary/aromatic N) is 1. The number of hydrogen-bond acceptors (Lipinski definition) is 5. The molecule has 2 aromatic carbocycles. The van der Waals surface area contributed by atoms with Crippen molar-refractivity contribution in [2.45, 2.75) is 32.7 Å². The molecule has 2 aromatic rings. The van der Waals surface area contributed by atoms with E-state index in [1.165, 1.54) is 0 Å². The molecule has 0 spiro atoms. The van der Waals surface area contributed by atoms with E-state index < -0.39 is 6.03 Å². The van der Waals surface area contributed by atoms with Gasteiger partial charge in [0.2, 0.25) is 5.91 Å². The van der Waals surface area contributed by atoms with Gasteiger partial charge >= 0.3 is 6.03 Å². The van der Waals surface area contributed by atoms with Crippen molar-refractivity contribution in [1.29, 1.82) is 0 Å². The van der Waals surface area contributed by atoms with Gasteiger partial charge in [0.1, 0.15) is 13.2 Å². The van der Waals surface area contributed by atoms with Gasteiger partial charge in [0.15, 0.2) is 11.5 Å². The number of likely N-dealkylation sites (tertiary alicyclic amines) is 1. The summed E-state index contributed by atoms with van der Waals surface area (Å²) in [4.78, 5) is 26.9. The van der Waals surface area contributed by atoms with Crippen LogP contribution in [0.5, 0.6) is 11.5 Å². The van der Waals surface area contributed by atoms with E-state index in [1.807, 2.05) is 50.2 Å². The lowest BCUT2D eigenvalue weighted by molar-refractivity contribution is -0.121. The minimum absolute atomic E-state index is 0.119. The number of urea groups is 1. The Morgan fingerprint density at radius 2 is 1.90 bits per heavy atom. The zero-order chi connectivity index (χ0) is 21.1. The summed E-state index contributed by atoms with van der Waals surface area (Å²) in [5.41, 5.74) is 3.87. The first-order chi connectivity index (χ1) is 14.5. The summed E-state index contributed by atoms with van der Waals surface area (Å²) in [6.45, 7) is 6.00. The fraction of sp³-hybridized carbons (Fsp3) is 0.391. The van der Waals surface area contributed by atoms with E-state index in [0.29, 0.717) is 18.9 Å². The second-order valence-electron chi connectivity index (χ2n) is 7.78. The summed E-state index contributed by atoms with van der Waals surface area (Å²) in [5, 5.41) is 5.21. The smallest absolute Gasteiger partial charge is 0.325 e. The minimum Gasteiger partial charge on any atom is -0.486 e. The van der Waals surface area contributed by atoms with Crippen molar-refractivity contribution in [1.82, 2.24) is 10.2 Å². The summed E-state index contributed by atoms with van der Waals surface area (Å²) in [6, 6.07) is 11.3. The number of carbonyl (C=O) groups excluding carboxylic acids is 2. The molecular formula is C23H27N3O4. The number of aryl methyl sites for hydroxylation is 1. The van der Waals surface area contributed by atoms with Gasteiger partial charge in [-0.25, -0.2) is 4.79 Å². The van der Waals surface area contributed by atoms with Crippen molar-refractivity contribution in [3.63, 3.8) is 0 Å². The largest absolute Gasteiger partial charge is 0.486 e. The van der Waals surface area contributed by atoms with Gasteiger partial charge in [0, 0.05) is 11.7 Å². The molecule has 0 aliphatic carbocycles. The molecular weight excluding hydrogens is 382 g/mol. The highest BCUT2D eigenvalue weighted by Crippen LogP contribution is 2.37. The van der Waals surface area contributed by atoms with Gasteiger partial charge in [0.05, 0.1) is 6.54 Å². The van der Waals surface area contributed by atoms with Crippen LogP contribution in [0.3, 0.4) is 0 Å². The number of rotatable bonds is 4. The number of amides is 3. The minimum atomic E-state index is -0.510. The molecule has 2 aliphatic rings. The number of fused-ring (bicyclic) bond motifs is 1. The van der Waals surface area contributed by atoms with Crippen LogP contribution in [0.15, 0.2) is 36.4 Å². The Kier molecular flexibility index (Phi) is 5.90. The topological polar surface area (TPSA) is 79.9 Å². The quantitative estimate of drug-likeness (QED) is 0.807. The summed E-state index contributed by atoms with van der Waals surface area (Å²) in [5.74, 6) is 1.20. The molecule has 3 amide bonds. The van der Waals surface area contributed by atoms with Crippen LogP contribution in [0, 0.1) is 13.8 Å². The lowest BCUT2D eigenvalue weighted by Crippen LogP contribution is -2.41. The van der Waals surface area contributed by atoms with Gasteiger partial charge in [-0.15, -0.1) is 0 Å². The van der Waals surface area contributed by atoms with Gasteiger partial charge in [-0.05, 0) is 68.1 Å². The van der Waals surface area contributed by atoms with Gasteiger partial charge < -0.3 is 14.8 Å². The molecule has 0 unspecified atom stereocenters. The Morgan fingerprint density at radius 1 is 1.10 bits per heavy atom. The van der Waals surface area contributed by atoms with Crippen LogP contribution in [0.4, 0.5) is 10.5 Å². The van der Waals surface area contributed by atoms with E-state index in [1.54, 1.807) is 0 Å². The molecule has 158 valence electrons. The molecule has 0 radical (unpaired) electrons. The maximum atomic E-state index is 12.5. The van der Waals surface area contributed by atoms with Crippen LogP contribution in [-0.2, 0) is 4.79 Å². The SMILES string of the molecule is Cc1cccc(NC(=O)NC(=O)CN2CCC[C@@H]2c2ccc3c(c2)OCCO3)c1C. The van der Waals surface area contributed by atoms with Crippen LogP contribution in [0.2, 0.25) is 0 Å². The predicted octanol–water partition coefficient (Wildman–Crippen LogP) is 3.56. The van der Waals surface area contributed by atoms with E-state index in [9.17, 15) is 9.59 Å². The van der Waals surface area contributed by atoms with Crippen molar-refractivity contribution in [3.8, 4) is 11.5 Å². The van der Waals surface area contributed by atoms with E-state index in [0.717, 1.165) is 47.6 Å². The number of anilines is 1. The molecule has 0 bridgehead atoms. The maximum absolute atomic E-state index is 12.5. The van der Waals surface area contributed by atoms with Crippen molar-refractivity contribution in [2.75, 3.05) is 31.6 Å². The molecule has 1 atom stereocenters. The first-order valence-corrected chi connectivity index (χ1v) is 10.3. The third-order valence-electron chi connectivity index (χ3n) is 5.77. The third kappa shape index (κ3) is 4.41. The average molecular weight is 409 g/mol. The zero-order valence-electron chi connectivity index (χ0n) is 17.4. The van der Waals surface area contributed by atoms with Crippen LogP contribution < -0.4 is 20.1 Å². The van der Waals surface area contributed by atoms with Crippen LogP contribution in [0.1, 0.15) is 35.6 Å². The van der Waals surface area contributed by atoms with Crippen LogP contribution in [0.25, 0.3) is 0 Å². The van der Waals surface area contributed by atoms with Crippen molar-refractivity contribution in [2.24, 2.45) is 0 Å². The molecule has 1 fully saturated rings. The van der Waals surface area contributed by atoms with Gasteiger partial charge in [-0.1, -0.05) is 18.2 Å². The van der Waals surface area contributed by atoms with Gasteiger partial charge in [0.25, 0.3) is 0 Å². The number of ether oxygens (including phenoxy) is 2. The fourth-order valence-corrected chi connectivity index (χ4v) is 4.05. The lowest BCUT2D eigenvalue weighted by Gasteiger charge is -2.26. The fourth-order valence-electron chi connectivity index (χ4n) is 4.05. The average Bonchev–Trinajstić information content (AvgIpc) is 3.19. The van der Waals surface area contributed by atoms with Crippen molar-refractivity contribution < 1.29 is 19.1 Å². The molecule has 0 aromatic heterocycles. The number of nitrogens with one attached hydrogen (secondary N) is 2. The number of carbonyl (C=O) groups is 2. The molecule has 7 nitrogen and oxygen atoms in total. The Balaban J connectivity index is 1.36. The number of hydrogen-bond donors (Lipinski definition) is 2. The third-order valence-corrected chi connectivity index (χ3v) is 5.77. The molecule has 7 heteroatoms. The summed E-state index contributed by atoms with van der Waals surface area (Å²) in [7, 11) is 0. The molecule has 2 aliphatic heterocycles. The van der Waals surface area contributed by atoms with Crippen LogP contribution >= 0.6 is 0 Å². The van der Waals surface area contributed by atoms with Crippen molar-refractivity contribution >= 4 is 17.6 Å². The Hall–Kier alpha value is -3.06. The standard InChI is InChI=1S/C23H27N3O4/c1-15-5-3-6-18(16(15)2)24-23(28)25-22(27)14-26-10-4-7-19(26)17-8-9-20-21(13-17)30-12-11-29-20/h3,5-6,8-9,13,19H,4,7,10-12,14H2,1-2H3,(H2,24,25,27,28)/t19-/m1/s1. The first-order valence-electron chi connectivity index (χ1n) is 10.3. The second kappa shape index (κ2) is 8.75. The van der Waals surface area contributed by atoms with Gasteiger partial charge in [-0.2, -0.15) is 0 Å². The Morgan fingerprint density at radius 3 is 2.73 bits per heavy atom. The summed E-state index contributed by atoms with van der Waals surface area (Å²) >= 11 is 0. The molecule has 30 heavy (non-hydrogen) atoms. The monoisotopic (exact) mass is 409 g/mol. The lowest BCUT2D eigenvalue weighted by atomic mass is 10.0. The maximum Gasteiger partial charge on any atom is 0.325 e. The van der Waals surface area contributed by atoms with E-state index in [-0.39, 0.29) is 18.5 Å². The van der Waals surface area contributed by atoms with Gasteiger partial charge in [-0.3, -0.25) is 15.0 Å². The Labute approximate surface area is 176 Å². The summed E-state index contributed by atoms with van der Waals surface area (Å²) < 4.78 is 11.3.